The van der Waals surface area contributed by atoms with E-state index < -0.39 is 12.0 Å². The van der Waals surface area contributed by atoms with Crippen molar-refractivity contribution >= 4 is 52.2 Å². The number of aromatic carboxylic acids is 1. The molecule has 3 N–H and O–H groups in total. The van der Waals surface area contributed by atoms with Crippen LogP contribution in [0.5, 0.6) is 0 Å². The van der Waals surface area contributed by atoms with Gasteiger partial charge in [-0.05, 0) is 66.8 Å². The molecule has 0 spiro atoms. The van der Waals surface area contributed by atoms with Gasteiger partial charge in [-0.25, -0.2) is 4.79 Å². The lowest BCUT2D eigenvalue weighted by atomic mass is 10.0. The zero-order valence-corrected chi connectivity index (χ0v) is 22.7. The van der Waals surface area contributed by atoms with E-state index in [4.69, 9.17) is 28.2 Å². The maximum atomic E-state index is 12.2. The normalized spacial score (nSPS) is 16.8. The van der Waals surface area contributed by atoms with Gasteiger partial charge in [0.25, 0.3) is 0 Å². The molecular weight excluding hydrogens is 536 g/mol. The van der Waals surface area contributed by atoms with Crippen molar-refractivity contribution in [2.75, 3.05) is 10.2 Å². The number of benzene rings is 2. The van der Waals surface area contributed by atoms with Crippen molar-refractivity contribution in [2.24, 2.45) is 5.92 Å². The van der Waals surface area contributed by atoms with Crippen LogP contribution in [0.1, 0.15) is 47.7 Å². The lowest BCUT2D eigenvalue weighted by molar-refractivity contribution is -0.118. The van der Waals surface area contributed by atoms with Gasteiger partial charge in [0.1, 0.15) is 17.6 Å². The van der Waals surface area contributed by atoms with E-state index in [2.05, 4.69) is 15.6 Å². The number of anilines is 2. The number of pyridine rings is 1. The number of halogens is 1. The van der Waals surface area contributed by atoms with Crippen LogP contribution in [-0.2, 0) is 4.79 Å². The van der Waals surface area contributed by atoms with Crippen molar-refractivity contribution in [3.8, 4) is 11.3 Å². The molecule has 0 unspecified atom stereocenters. The minimum Gasteiger partial charge on any atom is -0.478 e. The number of amides is 1. The molecule has 39 heavy (non-hydrogen) atoms. The van der Waals surface area contributed by atoms with Gasteiger partial charge in [0.05, 0.1) is 28.0 Å². The Balaban J connectivity index is 1.55. The molecule has 0 aliphatic carbocycles. The van der Waals surface area contributed by atoms with E-state index >= 15 is 0 Å². The Bertz CT molecular complexity index is 1560. The van der Waals surface area contributed by atoms with E-state index in [1.54, 1.807) is 36.5 Å². The lowest BCUT2D eigenvalue weighted by Crippen LogP contribution is -2.29. The number of carbonyl (C=O) groups excluding carboxylic acids is 1. The summed E-state index contributed by atoms with van der Waals surface area (Å²) in [7, 11) is 0. The molecule has 1 saturated heterocycles. The minimum atomic E-state index is -1.01. The van der Waals surface area contributed by atoms with Crippen LogP contribution in [0.25, 0.3) is 11.3 Å². The van der Waals surface area contributed by atoms with Crippen LogP contribution in [0.3, 0.4) is 0 Å². The van der Waals surface area contributed by atoms with Gasteiger partial charge in [-0.3, -0.25) is 9.78 Å². The Kier molecular flexibility index (Phi) is 7.36. The average molecular weight is 561 g/mol. The molecule has 198 valence electrons. The fourth-order valence-electron chi connectivity index (χ4n) is 4.43. The van der Waals surface area contributed by atoms with E-state index in [-0.39, 0.29) is 23.4 Å². The molecule has 10 heteroatoms. The number of nitrogens with one attached hydrogen (secondary N) is 2. The number of furan rings is 1. The van der Waals surface area contributed by atoms with E-state index in [1.165, 1.54) is 6.07 Å². The zero-order valence-electron chi connectivity index (χ0n) is 21.1. The molecule has 2 atom stereocenters. The molecule has 2 aromatic heterocycles. The van der Waals surface area contributed by atoms with Crippen molar-refractivity contribution in [2.45, 2.75) is 25.9 Å². The summed E-state index contributed by atoms with van der Waals surface area (Å²) in [4.78, 5) is 30.1. The number of aromatic nitrogens is 1. The minimum absolute atomic E-state index is 0.133. The molecule has 4 aromatic rings. The van der Waals surface area contributed by atoms with Crippen molar-refractivity contribution in [3.05, 3.63) is 101 Å². The summed E-state index contributed by atoms with van der Waals surface area (Å²) < 4.78 is 6.32. The van der Waals surface area contributed by atoms with Gasteiger partial charge >= 0.3 is 5.97 Å². The largest absolute Gasteiger partial charge is 0.478 e. The van der Waals surface area contributed by atoms with Gasteiger partial charge in [-0.1, -0.05) is 43.6 Å². The second-order valence-corrected chi connectivity index (χ2v) is 10.2. The first-order chi connectivity index (χ1) is 18.7. The molecule has 0 radical (unpaired) electrons. The zero-order chi connectivity index (χ0) is 27.7. The van der Waals surface area contributed by atoms with Crippen LogP contribution < -0.4 is 15.5 Å². The molecule has 1 aliphatic rings. The van der Waals surface area contributed by atoms with Gasteiger partial charge in [-0.15, -0.1) is 0 Å². The number of carboxylic acids is 1. The summed E-state index contributed by atoms with van der Waals surface area (Å²) in [6.45, 7) is 3.62. The van der Waals surface area contributed by atoms with Crippen LogP contribution in [0.2, 0.25) is 5.02 Å². The van der Waals surface area contributed by atoms with Crippen LogP contribution in [0, 0.1) is 5.92 Å². The Labute approximate surface area is 235 Å². The fourth-order valence-corrected chi connectivity index (χ4v) is 4.99. The molecule has 3 heterocycles. The van der Waals surface area contributed by atoms with Gasteiger partial charge in [-0.2, -0.15) is 0 Å². The SMILES string of the molecule is CC(C)C(=O)Nc1ccc(N2C(=S)N[C@H](c3ccccn3)[C@H]2c2ccc(-c3cccc(C(=O)O)c3)o2)cc1Cl. The summed E-state index contributed by atoms with van der Waals surface area (Å²) >= 11 is 12.4. The summed E-state index contributed by atoms with van der Waals surface area (Å²) in [5, 5.41) is 16.4. The molecular formula is C29H25ClN4O4S. The van der Waals surface area contributed by atoms with Gasteiger partial charge in [0.2, 0.25) is 5.91 Å². The third-order valence-electron chi connectivity index (χ3n) is 6.42. The highest BCUT2D eigenvalue weighted by atomic mass is 35.5. The Morgan fingerprint density at radius 2 is 1.92 bits per heavy atom. The first-order valence-electron chi connectivity index (χ1n) is 12.3. The van der Waals surface area contributed by atoms with Crippen molar-refractivity contribution in [1.29, 1.82) is 0 Å². The molecule has 1 amide bonds. The van der Waals surface area contributed by atoms with E-state index in [9.17, 15) is 14.7 Å². The predicted molar refractivity (Wildman–Crippen MR) is 154 cm³/mol. The Hall–Kier alpha value is -4.21. The van der Waals surface area contributed by atoms with Gasteiger partial charge < -0.3 is 25.1 Å². The lowest BCUT2D eigenvalue weighted by Gasteiger charge is -2.26. The van der Waals surface area contributed by atoms with Crippen LogP contribution in [0.4, 0.5) is 11.4 Å². The highest BCUT2D eigenvalue weighted by Crippen LogP contribution is 2.44. The monoisotopic (exact) mass is 560 g/mol. The maximum Gasteiger partial charge on any atom is 0.335 e. The molecule has 2 aromatic carbocycles. The van der Waals surface area contributed by atoms with Crippen molar-refractivity contribution in [1.82, 2.24) is 10.3 Å². The molecule has 0 saturated carbocycles. The quantitative estimate of drug-likeness (QED) is 0.221. The molecule has 8 nitrogen and oxygen atoms in total. The molecule has 0 bridgehead atoms. The first-order valence-corrected chi connectivity index (χ1v) is 13.1. The van der Waals surface area contributed by atoms with Crippen molar-refractivity contribution in [3.63, 3.8) is 0 Å². The second kappa shape index (κ2) is 10.9. The molecule has 1 fully saturated rings. The van der Waals surface area contributed by atoms with Gasteiger partial charge in [0, 0.05) is 23.4 Å². The summed E-state index contributed by atoms with van der Waals surface area (Å²) in [5.74, 6) is -0.215. The fraction of sp³-hybridized carbons (Fsp3) is 0.172. The molecule has 1 aliphatic heterocycles. The highest BCUT2D eigenvalue weighted by molar-refractivity contribution is 7.80. The van der Waals surface area contributed by atoms with E-state index in [1.807, 2.05) is 55.1 Å². The summed E-state index contributed by atoms with van der Waals surface area (Å²) in [6, 6.07) is 20.4. The smallest absolute Gasteiger partial charge is 0.335 e. The van der Waals surface area contributed by atoms with Crippen LogP contribution >= 0.6 is 23.8 Å². The average Bonchev–Trinajstić information content (AvgIpc) is 3.55. The number of nitrogens with zero attached hydrogens (tertiary/aromatic N) is 2. The summed E-state index contributed by atoms with van der Waals surface area (Å²) in [6.07, 6.45) is 1.72. The topological polar surface area (TPSA) is 108 Å². The first kappa shape index (κ1) is 26.4. The number of hydrogen-bond acceptors (Lipinski definition) is 5. The van der Waals surface area contributed by atoms with Crippen LogP contribution in [0.15, 0.2) is 83.4 Å². The Morgan fingerprint density at radius 1 is 1.10 bits per heavy atom. The highest BCUT2D eigenvalue weighted by Gasteiger charge is 2.42. The standard InChI is InChI=1S/C29H25ClN4O4S/c1-16(2)27(35)32-21-10-9-19(15-20(21)30)34-26(25(33-29(34)39)22-8-3-4-13-31-22)24-12-11-23(38-24)17-6-5-7-18(14-17)28(36)37/h3-16,25-26H,1-2H3,(H,32,35)(H,33,39)(H,36,37)/t25-,26-/m1/s1. The molecule has 5 rings (SSSR count). The summed E-state index contributed by atoms with van der Waals surface area (Å²) in [5.41, 5.74) is 2.79. The number of thiocarbonyl (C=S) groups is 1. The van der Waals surface area contributed by atoms with Crippen LogP contribution in [-0.4, -0.2) is 27.1 Å². The second-order valence-electron chi connectivity index (χ2n) is 9.39. The number of carbonyl (C=O) groups is 2. The van der Waals surface area contributed by atoms with Crippen molar-refractivity contribution < 1.29 is 19.1 Å². The predicted octanol–water partition coefficient (Wildman–Crippen LogP) is 6.46. The van der Waals surface area contributed by atoms with Gasteiger partial charge in [0.15, 0.2) is 5.11 Å². The van der Waals surface area contributed by atoms with E-state index in [0.717, 1.165) is 5.69 Å². The number of rotatable bonds is 7. The third kappa shape index (κ3) is 5.36. The van der Waals surface area contributed by atoms with E-state index in [0.29, 0.717) is 38.6 Å². The number of hydrogen-bond donors (Lipinski definition) is 3. The number of carboxylic acid groups (broad SMARTS) is 1. The third-order valence-corrected chi connectivity index (χ3v) is 7.05. The Morgan fingerprint density at radius 3 is 2.62 bits per heavy atom. The maximum absolute atomic E-state index is 12.2.